The number of fused-ring (bicyclic) bond motifs is 3. The molecule has 0 radical (unpaired) electrons. The first-order valence-electron chi connectivity index (χ1n) is 14.8. The van der Waals surface area contributed by atoms with Crippen LogP contribution in [0.15, 0.2) is 54.6 Å². The van der Waals surface area contributed by atoms with E-state index in [0.717, 1.165) is 0 Å². The van der Waals surface area contributed by atoms with Gasteiger partial charge < -0.3 is 0 Å². The van der Waals surface area contributed by atoms with Crippen LogP contribution < -0.4 is 0 Å². The van der Waals surface area contributed by atoms with Gasteiger partial charge in [0.15, 0.2) is 0 Å². The van der Waals surface area contributed by atoms with E-state index in [2.05, 4.69) is 75.4 Å². The highest BCUT2D eigenvalue weighted by atomic mass is 14.1. The highest BCUT2D eigenvalue weighted by molar-refractivity contribution is 5.34. The van der Waals surface area contributed by atoms with Gasteiger partial charge in [0.05, 0.1) is 0 Å². The summed E-state index contributed by atoms with van der Waals surface area (Å²) in [6, 6.07) is 20.7. The van der Waals surface area contributed by atoms with Gasteiger partial charge in [-0.25, -0.2) is 0 Å². The Morgan fingerprint density at radius 3 is 0.889 bits per heavy atom. The molecule has 0 fully saturated rings. The van der Waals surface area contributed by atoms with Crippen molar-refractivity contribution in [1.82, 2.24) is 0 Å². The predicted octanol–water partition coefficient (Wildman–Crippen LogP) is 9.79. The molecule has 192 valence electrons. The van der Waals surface area contributed by atoms with Crippen molar-refractivity contribution in [2.75, 3.05) is 0 Å². The highest BCUT2D eigenvalue weighted by Gasteiger charge is 2.08. The summed E-state index contributed by atoms with van der Waals surface area (Å²) in [5, 5.41) is 0. The first kappa shape index (κ1) is 26.7. The topological polar surface area (TPSA) is 0 Å². The molecule has 3 aromatic rings. The molecular formula is C36H48. The zero-order chi connectivity index (χ0) is 25.2. The minimum Gasteiger partial charge on any atom is -0.0590 e. The van der Waals surface area contributed by atoms with Crippen LogP contribution in [0.4, 0.5) is 0 Å². The van der Waals surface area contributed by atoms with Crippen LogP contribution in [-0.4, -0.2) is 0 Å². The van der Waals surface area contributed by atoms with E-state index in [0.29, 0.717) is 0 Å². The minimum absolute atomic E-state index is 1.30. The van der Waals surface area contributed by atoms with Crippen molar-refractivity contribution in [2.45, 2.75) is 117 Å². The Balaban J connectivity index is 0.000000127. The van der Waals surface area contributed by atoms with Crippen molar-refractivity contribution in [1.29, 1.82) is 0 Å². The first-order valence-corrected chi connectivity index (χ1v) is 14.8. The maximum atomic E-state index is 2.38. The average Bonchev–Trinajstić information content (AvgIpc) is 3.11. The van der Waals surface area contributed by atoms with E-state index in [1.54, 1.807) is 33.4 Å². The summed E-state index contributed by atoms with van der Waals surface area (Å²) in [6.45, 7) is 6.55. The van der Waals surface area contributed by atoms with Gasteiger partial charge in [0.2, 0.25) is 0 Å². The molecule has 0 heteroatoms. The smallest absolute Gasteiger partial charge is 0.0276 e. The van der Waals surface area contributed by atoms with Crippen LogP contribution in [0.2, 0.25) is 0 Å². The molecule has 0 heterocycles. The van der Waals surface area contributed by atoms with Gasteiger partial charge in [-0.1, -0.05) is 90.6 Å². The fraction of sp³-hybridized carbons (Fsp3) is 0.500. The fourth-order valence-electron chi connectivity index (χ4n) is 6.12. The van der Waals surface area contributed by atoms with Crippen molar-refractivity contribution >= 4 is 0 Å². The molecular weight excluding hydrogens is 432 g/mol. The quantitative estimate of drug-likeness (QED) is 0.281. The van der Waals surface area contributed by atoms with Crippen molar-refractivity contribution in [2.24, 2.45) is 0 Å². The number of benzene rings is 3. The first-order chi connectivity index (χ1) is 17.6. The van der Waals surface area contributed by atoms with Gasteiger partial charge in [0.25, 0.3) is 0 Å². The molecule has 0 unspecified atom stereocenters. The molecule has 0 saturated carbocycles. The van der Waals surface area contributed by atoms with Crippen LogP contribution >= 0.6 is 0 Å². The van der Waals surface area contributed by atoms with E-state index < -0.39 is 0 Å². The van der Waals surface area contributed by atoms with Crippen LogP contribution in [0.1, 0.15) is 108 Å². The third-order valence-electron chi connectivity index (χ3n) is 8.26. The molecule has 6 rings (SSSR count). The summed E-state index contributed by atoms with van der Waals surface area (Å²) in [5.41, 5.74) is 13.8. The van der Waals surface area contributed by atoms with Crippen LogP contribution in [0.25, 0.3) is 0 Å². The lowest BCUT2D eigenvalue weighted by atomic mass is 9.91. The summed E-state index contributed by atoms with van der Waals surface area (Å²) < 4.78 is 0. The molecule has 0 atom stereocenters. The van der Waals surface area contributed by atoms with Crippen LogP contribution in [-0.2, 0) is 38.5 Å². The van der Waals surface area contributed by atoms with E-state index in [4.69, 9.17) is 0 Å². The van der Waals surface area contributed by atoms with E-state index >= 15 is 0 Å². The second-order valence-corrected chi connectivity index (χ2v) is 11.5. The summed E-state index contributed by atoms with van der Waals surface area (Å²) in [6.07, 6.45) is 20.4. The number of hydrogen-bond donors (Lipinski definition) is 0. The molecule has 0 aliphatic heterocycles. The highest BCUT2D eigenvalue weighted by Crippen LogP contribution is 2.23. The lowest BCUT2D eigenvalue weighted by Crippen LogP contribution is -2.01. The third-order valence-corrected chi connectivity index (χ3v) is 8.26. The van der Waals surface area contributed by atoms with Crippen molar-refractivity contribution < 1.29 is 0 Å². The molecule has 0 amide bonds. The van der Waals surface area contributed by atoms with Gasteiger partial charge in [-0.05, 0) is 131 Å². The maximum absolute atomic E-state index is 2.38. The van der Waals surface area contributed by atoms with Crippen molar-refractivity contribution in [3.05, 3.63) is 105 Å². The maximum Gasteiger partial charge on any atom is -0.0276 e. The van der Waals surface area contributed by atoms with E-state index in [-0.39, 0.29) is 0 Å². The number of aryl methyl sites for hydroxylation is 9. The van der Waals surface area contributed by atoms with E-state index in [1.807, 2.05) is 0 Å². The Kier molecular flexibility index (Phi) is 10.3. The summed E-state index contributed by atoms with van der Waals surface area (Å²) in [4.78, 5) is 0. The SMILES string of the molecule is Cc1ccc2c(c1)CCCC2.Cc1ccc2c(c1)CCCCC2.Cc1ccc2c(c1)CCCCCC2. The van der Waals surface area contributed by atoms with E-state index in [1.165, 1.54) is 113 Å². The second kappa shape index (κ2) is 13.8. The molecule has 3 aliphatic carbocycles. The van der Waals surface area contributed by atoms with Crippen LogP contribution in [0, 0.1) is 20.8 Å². The largest absolute Gasteiger partial charge is 0.0590 e. The fourth-order valence-corrected chi connectivity index (χ4v) is 6.12. The van der Waals surface area contributed by atoms with Crippen LogP contribution in [0.3, 0.4) is 0 Å². The Morgan fingerprint density at radius 1 is 0.306 bits per heavy atom. The molecule has 0 nitrogen and oxygen atoms in total. The summed E-state index contributed by atoms with van der Waals surface area (Å²) in [7, 11) is 0. The molecule has 3 aromatic carbocycles. The Labute approximate surface area is 221 Å². The van der Waals surface area contributed by atoms with Crippen molar-refractivity contribution in [3.63, 3.8) is 0 Å². The Hall–Kier alpha value is -2.34. The van der Waals surface area contributed by atoms with Gasteiger partial charge in [-0.3, -0.25) is 0 Å². The molecule has 3 aliphatic rings. The monoisotopic (exact) mass is 480 g/mol. The predicted molar refractivity (Wildman–Crippen MR) is 157 cm³/mol. The zero-order valence-corrected chi connectivity index (χ0v) is 23.3. The van der Waals surface area contributed by atoms with Gasteiger partial charge in [-0.2, -0.15) is 0 Å². The average molecular weight is 481 g/mol. The molecule has 0 bridgehead atoms. The molecule has 0 aromatic heterocycles. The van der Waals surface area contributed by atoms with Gasteiger partial charge in [-0.15, -0.1) is 0 Å². The normalized spacial score (nSPS) is 16.8. The summed E-state index contributed by atoms with van der Waals surface area (Å²) in [5.74, 6) is 0. The lowest BCUT2D eigenvalue weighted by molar-refractivity contribution is 0.617. The number of rotatable bonds is 0. The zero-order valence-electron chi connectivity index (χ0n) is 23.3. The summed E-state index contributed by atoms with van der Waals surface area (Å²) >= 11 is 0. The second-order valence-electron chi connectivity index (χ2n) is 11.5. The van der Waals surface area contributed by atoms with Gasteiger partial charge >= 0.3 is 0 Å². The van der Waals surface area contributed by atoms with Crippen molar-refractivity contribution in [3.8, 4) is 0 Å². The third kappa shape index (κ3) is 8.09. The lowest BCUT2D eigenvalue weighted by Gasteiger charge is -2.15. The minimum atomic E-state index is 1.30. The molecule has 36 heavy (non-hydrogen) atoms. The van der Waals surface area contributed by atoms with Gasteiger partial charge in [0.1, 0.15) is 0 Å². The molecule has 0 N–H and O–H groups in total. The number of hydrogen-bond acceptors (Lipinski definition) is 0. The molecule has 0 saturated heterocycles. The molecule has 0 spiro atoms. The standard InChI is InChI=1S/C13H18.C12H16.C11H14/c1-11-8-9-12-6-4-2-3-5-7-13(12)10-11;1-10-7-8-11-5-3-2-4-6-12(11)9-10;1-9-6-7-10-4-2-3-5-11(10)8-9/h8-10H,2-7H2,1H3;7-9H,2-6H2,1H3;6-8H,2-5H2,1H3. The Bertz CT molecular complexity index is 1100. The van der Waals surface area contributed by atoms with Crippen LogP contribution in [0.5, 0.6) is 0 Å². The van der Waals surface area contributed by atoms with E-state index in [9.17, 15) is 0 Å². The van der Waals surface area contributed by atoms with Gasteiger partial charge in [0, 0.05) is 0 Å². The Morgan fingerprint density at radius 2 is 0.556 bits per heavy atom.